The summed E-state index contributed by atoms with van der Waals surface area (Å²) >= 11 is 0. The summed E-state index contributed by atoms with van der Waals surface area (Å²) in [6.07, 6.45) is -0.762. The average Bonchev–Trinajstić information content (AvgIpc) is 2.32. The smallest absolute Gasteiger partial charge is 0.376 e. The normalized spacial score (nSPS) is 31.5. The molecule has 2 unspecified atom stereocenters. The minimum absolute atomic E-state index is 0.169. The van der Waals surface area contributed by atoms with Crippen molar-refractivity contribution in [3.05, 3.63) is 0 Å². The van der Waals surface area contributed by atoms with Crippen LogP contribution in [0.15, 0.2) is 0 Å². The van der Waals surface area contributed by atoms with Crippen LogP contribution in [0.2, 0.25) is 0 Å². The topological polar surface area (TPSA) is 69.7 Å². The summed E-state index contributed by atoms with van der Waals surface area (Å²) < 4.78 is 9.39. The summed E-state index contributed by atoms with van der Waals surface area (Å²) in [4.78, 5) is 33.8. The van der Waals surface area contributed by atoms with Gasteiger partial charge >= 0.3 is 11.9 Å². The minimum Gasteiger partial charge on any atom is -0.465 e. The number of hydrogen-bond donors (Lipinski definition) is 0. The van der Waals surface area contributed by atoms with Crippen LogP contribution in [0.3, 0.4) is 0 Å². The first-order valence-electron chi connectivity index (χ1n) is 4.37. The minimum atomic E-state index is -1.48. The van der Waals surface area contributed by atoms with E-state index >= 15 is 0 Å². The van der Waals surface area contributed by atoms with Gasteiger partial charge in [-0.15, -0.1) is 0 Å². The van der Waals surface area contributed by atoms with Crippen molar-refractivity contribution in [1.29, 1.82) is 0 Å². The van der Waals surface area contributed by atoms with Crippen LogP contribution in [-0.4, -0.2) is 30.4 Å². The molecule has 2 atom stereocenters. The lowest BCUT2D eigenvalue weighted by atomic mass is 9.83. The molecule has 14 heavy (non-hydrogen) atoms. The molecule has 0 saturated carbocycles. The average molecular weight is 200 g/mol. The number of carbonyl (C=O) groups is 3. The van der Waals surface area contributed by atoms with Gasteiger partial charge in [-0.3, -0.25) is 9.59 Å². The van der Waals surface area contributed by atoms with Crippen molar-refractivity contribution >= 4 is 17.7 Å². The molecule has 1 aliphatic heterocycles. The van der Waals surface area contributed by atoms with Gasteiger partial charge in [0.05, 0.1) is 6.61 Å². The molecule has 1 rings (SSSR count). The SMILES string of the molecule is CCOC(=O)C1(C)C(=O)C(=O)OC1C. The first kappa shape index (κ1) is 10.7. The molecule has 1 heterocycles. The van der Waals surface area contributed by atoms with Crippen molar-refractivity contribution < 1.29 is 23.9 Å². The summed E-state index contributed by atoms with van der Waals surface area (Å²) in [5.41, 5.74) is -1.48. The highest BCUT2D eigenvalue weighted by Crippen LogP contribution is 2.33. The molecule has 0 N–H and O–H groups in total. The third kappa shape index (κ3) is 1.29. The molecule has 78 valence electrons. The molecule has 0 radical (unpaired) electrons. The van der Waals surface area contributed by atoms with E-state index in [9.17, 15) is 14.4 Å². The van der Waals surface area contributed by atoms with Gasteiger partial charge in [0.1, 0.15) is 6.10 Å². The van der Waals surface area contributed by atoms with Crippen LogP contribution in [0, 0.1) is 5.41 Å². The number of esters is 2. The number of Topliss-reactive ketones (excluding diaryl/α,β-unsaturated/α-hetero) is 1. The molecular weight excluding hydrogens is 188 g/mol. The maximum atomic E-state index is 11.5. The molecule has 0 aromatic heterocycles. The second-order valence-corrected chi connectivity index (χ2v) is 3.30. The lowest BCUT2D eigenvalue weighted by Crippen LogP contribution is -2.42. The van der Waals surface area contributed by atoms with Crippen molar-refractivity contribution in [3.63, 3.8) is 0 Å². The number of ether oxygens (including phenoxy) is 2. The van der Waals surface area contributed by atoms with Crippen LogP contribution in [0.5, 0.6) is 0 Å². The Morgan fingerprint density at radius 3 is 2.50 bits per heavy atom. The number of cyclic esters (lactones) is 1. The fraction of sp³-hybridized carbons (Fsp3) is 0.667. The molecule has 1 saturated heterocycles. The Bertz CT molecular complexity index is 296. The van der Waals surface area contributed by atoms with Crippen molar-refractivity contribution in [2.24, 2.45) is 5.41 Å². The molecule has 0 amide bonds. The summed E-state index contributed by atoms with van der Waals surface area (Å²) in [6, 6.07) is 0. The largest absolute Gasteiger partial charge is 0.465 e. The molecular formula is C9H12O5. The molecule has 0 bridgehead atoms. The summed E-state index contributed by atoms with van der Waals surface area (Å²) in [5.74, 6) is -2.50. The van der Waals surface area contributed by atoms with E-state index in [1.54, 1.807) is 6.92 Å². The Labute approximate surface area is 81.4 Å². The summed E-state index contributed by atoms with van der Waals surface area (Å²) in [7, 11) is 0. The Morgan fingerprint density at radius 2 is 2.14 bits per heavy atom. The summed E-state index contributed by atoms with van der Waals surface area (Å²) in [5, 5.41) is 0. The lowest BCUT2D eigenvalue weighted by molar-refractivity contribution is -0.159. The predicted octanol–water partition coefficient (Wildman–Crippen LogP) is 0.0702. The maximum absolute atomic E-state index is 11.5. The van der Waals surface area contributed by atoms with E-state index in [4.69, 9.17) is 4.74 Å². The highest BCUT2D eigenvalue weighted by atomic mass is 16.6. The van der Waals surface area contributed by atoms with Gasteiger partial charge < -0.3 is 9.47 Å². The fourth-order valence-electron chi connectivity index (χ4n) is 1.27. The molecule has 0 aliphatic carbocycles. The molecule has 0 aromatic rings. The maximum Gasteiger partial charge on any atom is 0.376 e. The third-order valence-corrected chi connectivity index (χ3v) is 2.45. The molecule has 1 aliphatic rings. The number of rotatable bonds is 2. The van der Waals surface area contributed by atoms with E-state index in [2.05, 4.69) is 4.74 Å². The molecule has 5 nitrogen and oxygen atoms in total. The Morgan fingerprint density at radius 1 is 1.57 bits per heavy atom. The fourth-order valence-corrected chi connectivity index (χ4v) is 1.27. The van der Waals surface area contributed by atoms with Crippen LogP contribution in [-0.2, 0) is 23.9 Å². The van der Waals surface area contributed by atoms with E-state index < -0.39 is 29.2 Å². The van der Waals surface area contributed by atoms with Gasteiger partial charge in [-0.25, -0.2) is 4.79 Å². The monoisotopic (exact) mass is 200 g/mol. The first-order valence-corrected chi connectivity index (χ1v) is 4.37. The van der Waals surface area contributed by atoms with Gasteiger partial charge in [0.25, 0.3) is 5.78 Å². The van der Waals surface area contributed by atoms with Crippen LogP contribution in [0.4, 0.5) is 0 Å². The van der Waals surface area contributed by atoms with Gasteiger partial charge in [0.2, 0.25) is 0 Å². The van der Waals surface area contributed by atoms with E-state index in [-0.39, 0.29) is 6.61 Å². The Hall–Kier alpha value is -1.39. The second kappa shape index (κ2) is 3.40. The quantitative estimate of drug-likeness (QED) is 0.358. The highest BCUT2D eigenvalue weighted by molar-refractivity contribution is 6.41. The highest BCUT2D eigenvalue weighted by Gasteiger charge is 2.58. The number of hydrogen-bond acceptors (Lipinski definition) is 5. The first-order chi connectivity index (χ1) is 6.44. The van der Waals surface area contributed by atoms with Crippen LogP contribution >= 0.6 is 0 Å². The van der Waals surface area contributed by atoms with E-state index in [1.165, 1.54) is 13.8 Å². The van der Waals surface area contributed by atoms with Crippen LogP contribution < -0.4 is 0 Å². The lowest BCUT2D eigenvalue weighted by Gasteiger charge is -2.21. The van der Waals surface area contributed by atoms with Crippen molar-refractivity contribution in [3.8, 4) is 0 Å². The zero-order chi connectivity index (χ0) is 10.9. The van der Waals surface area contributed by atoms with Gasteiger partial charge in [0.15, 0.2) is 5.41 Å². The van der Waals surface area contributed by atoms with Gasteiger partial charge in [-0.1, -0.05) is 0 Å². The molecule has 0 aromatic carbocycles. The third-order valence-electron chi connectivity index (χ3n) is 2.45. The van der Waals surface area contributed by atoms with E-state index in [0.717, 1.165) is 0 Å². The van der Waals surface area contributed by atoms with Crippen molar-refractivity contribution in [2.75, 3.05) is 6.61 Å². The zero-order valence-electron chi connectivity index (χ0n) is 8.33. The van der Waals surface area contributed by atoms with Crippen molar-refractivity contribution in [2.45, 2.75) is 26.9 Å². The summed E-state index contributed by atoms with van der Waals surface area (Å²) in [6.45, 7) is 4.67. The molecule has 1 fully saturated rings. The number of ketones is 1. The molecule has 0 spiro atoms. The Balaban J connectivity index is 2.97. The van der Waals surface area contributed by atoms with E-state index in [1.807, 2.05) is 0 Å². The predicted molar refractivity (Wildman–Crippen MR) is 45.3 cm³/mol. The number of carbonyl (C=O) groups excluding carboxylic acids is 3. The van der Waals surface area contributed by atoms with Gasteiger partial charge in [-0.05, 0) is 20.8 Å². The van der Waals surface area contributed by atoms with Crippen molar-refractivity contribution in [1.82, 2.24) is 0 Å². The zero-order valence-corrected chi connectivity index (χ0v) is 8.33. The van der Waals surface area contributed by atoms with Gasteiger partial charge in [0, 0.05) is 0 Å². The molecule has 5 heteroatoms. The standard InChI is InChI=1S/C9H12O5/c1-4-13-8(12)9(3)5(2)14-7(11)6(9)10/h5H,4H2,1-3H3. The second-order valence-electron chi connectivity index (χ2n) is 3.30. The van der Waals surface area contributed by atoms with E-state index in [0.29, 0.717) is 0 Å². The Kier molecular flexibility index (Phi) is 2.59. The van der Waals surface area contributed by atoms with Crippen LogP contribution in [0.25, 0.3) is 0 Å². The van der Waals surface area contributed by atoms with Crippen LogP contribution in [0.1, 0.15) is 20.8 Å². The van der Waals surface area contributed by atoms with Gasteiger partial charge in [-0.2, -0.15) is 0 Å².